The largest absolute Gasteiger partial charge is 0.405 e. The summed E-state index contributed by atoms with van der Waals surface area (Å²) in [5.74, 6) is 0. The van der Waals surface area contributed by atoms with Crippen LogP contribution in [0.5, 0.6) is 0 Å². The Balaban J connectivity index is 2.69. The van der Waals surface area contributed by atoms with Crippen molar-refractivity contribution >= 4 is 23.3 Å². The molecule has 6 heteroatoms. The number of nitrogens with zero attached hydrogens (tertiary/aromatic N) is 1. The fourth-order valence-electron chi connectivity index (χ4n) is 0.964. The van der Waals surface area contributed by atoms with Gasteiger partial charge in [-0.05, 0) is 6.07 Å². The summed E-state index contributed by atoms with van der Waals surface area (Å²) in [5.41, 5.74) is 0.412. The number of rotatable bonds is 3. The Morgan fingerprint density at radius 1 is 1.57 bits per heavy atom. The van der Waals surface area contributed by atoms with Crippen LogP contribution in [0.25, 0.3) is 0 Å². The second kappa shape index (κ2) is 4.00. The van der Waals surface area contributed by atoms with Crippen LogP contribution in [0.3, 0.4) is 0 Å². The zero-order valence-corrected chi connectivity index (χ0v) is 8.15. The molecule has 78 valence electrons. The fourth-order valence-corrected chi connectivity index (χ4v) is 1.71. The second-order valence-electron chi connectivity index (χ2n) is 2.80. The standard InChI is InChI=1S/C8H8F3NOS/c1-12(5-8(9,10)11)6-2-7(3-13)14-4-6/h2-4H,5H2,1H3. The van der Waals surface area contributed by atoms with Gasteiger partial charge in [-0.1, -0.05) is 0 Å². The Morgan fingerprint density at radius 2 is 2.21 bits per heavy atom. The smallest absolute Gasteiger partial charge is 0.365 e. The van der Waals surface area contributed by atoms with Crippen molar-refractivity contribution < 1.29 is 18.0 Å². The first-order valence-electron chi connectivity index (χ1n) is 3.74. The number of alkyl halides is 3. The molecular weight excluding hydrogens is 215 g/mol. The third-order valence-corrected chi connectivity index (χ3v) is 2.42. The van der Waals surface area contributed by atoms with E-state index < -0.39 is 12.7 Å². The van der Waals surface area contributed by atoms with Gasteiger partial charge in [0, 0.05) is 18.1 Å². The molecule has 2 nitrogen and oxygen atoms in total. The lowest BCUT2D eigenvalue weighted by molar-refractivity contribution is -0.119. The van der Waals surface area contributed by atoms with Crippen molar-refractivity contribution in [1.29, 1.82) is 0 Å². The number of hydrogen-bond donors (Lipinski definition) is 0. The fraction of sp³-hybridized carbons (Fsp3) is 0.375. The van der Waals surface area contributed by atoms with Crippen molar-refractivity contribution in [1.82, 2.24) is 0 Å². The van der Waals surface area contributed by atoms with Crippen LogP contribution in [0.15, 0.2) is 11.4 Å². The van der Waals surface area contributed by atoms with Gasteiger partial charge in [0.05, 0.1) is 4.88 Å². The molecule has 0 fully saturated rings. The van der Waals surface area contributed by atoms with E-state index in [1.54, 1.807) is 0 Å². The summed E-state index contributed by atoms with van der Waals surface area (Å²) in [7, 11) is 1.34. The van der Waals surface area contributed by atoms with E-state index >= 15 is 0 Å². The lowest BCUT2D eigenvalue weighted by atomic mass is 10.4. The third kappa shape index (κ3) is 3.02. The summed E-state index contributed by atoms with van der Waals surface area (Å²) in [4.78, 5) is 11.8. The highest BCUT2D eigenvalue weighted by Crippen LogP contribution is 2.24. The average molecular weight is 223 g/mol. The molecule has 0 saturated heterocycles. The van der Waals surface area contributed by atoms with E-state index in [0.717, 1.165) is 16.2 Å². The minimum absolute atomic E-state index is 0.412. The van der Waals surface area contributed by atoms with E-state index in [2.05, 4.69) is 0 Å². The van der Waals surface area contributed by atoms with E-state index in [9.17, 15) is 18.0 Å². The van der Waals surface area contributed by atoms with Crippen LogP contribution in [0.1, 0.15) is 9.67 Å². The molecule has 0 bridgehead atoms. The Labute approximate surface area is 82.9 Å². The van der Waals surface area contributed by atoms with Crippen molar-refractivity contribution in [2.24, 2.45) is 0 Å². The molecule has 14 heavy (non-hydrogen) atoms. The van der Waals surface area contributed by atoms with Crippen LogP contribution >= 0.6 is 11.3 Å². The minimum atomic E-state index is -4.22. The van der Waals surface area contributed by atoms with Crippen molar-refractivity contribution in [3.63, 3.8) is 0 Å². The number of thiophene rings is 1. The van der Waals surface area contributed by atoms with Crippen LogP contribution in [0.2, 0.25) is 0 Å². The van der Waals surface area contributed by atoms with Crippen molar-refractivity contribution in [3.8, 4) is 0 Å². The number of hydrogen-bond acceptors (Lipinski definition) is 3. The van der Waals surface area contributed by atoms with E-state index in [4.69, 9.17) is 0 Å². The number of halogens is 3. The molecule has 0 amide bonds. The molecule has 0 N–H and O–H groups in total. The molecule has 0 aliphatic rings. The normalized spacial score (nSPS) is 11.4. The molecule has 1 heterocycles. The first-order chi connectivity index (χ1) is 6.42. The van der Waals surface area contributed by atoms with Gasteiger partial charge < -0.3 is 4.90 Å². The van der Waals surface area contributed by atoms with Crippen LogP contribution in [0, 0.1) is 0 Å². The van der Waals surface area contributed by atoms with Gasteiger partial charge in [0.25, 0.3) is 0 Å². The SMILES string of the molecule is CN(CC(F)(F)F)c1csc(C=O)c1. The van der Waals surface area contributed by atoms with Gasteiger partial charge in [-0.2, -0.15) is 13.2 Å². The summed E-state index contributed by atoms with van der Waals surface area (Å²) in [6.45, 7) is -1.01. The van der Waals surface area contributed by atoms with Gasteiger partial charge in [0.2, 0.25) is 0 Å². The number of anilines is 1. The van der Waals surface area contributed by atoms with Crippen molar-refractivity contribution in [2.75, 3.05) is 18.5 Å². The highest BCUT2D eigenvalue weighted by molar-refractivity contribution is 7.12. The molecule has 0 spiro atoms. The van der Waals surface area contributed by atoms with Crippen molar-refractivity contribution in [3.05, 3.63) is 16.3 Å². The van der Waals surface area contributed by atoms with Gasteiger partial charge in [-0.25, -0.2) is 0 Å². The van der Waals surface area contributed by atoms with Gasteiger partial charge in [0.1, 0.15) is 6.54 Å². The lowest BCUT2D eigenvalue weighted by Gasteiger charge is -2.18. The highest BCUT2D eigenvalue weighted by atomic mass is 32.1. The number of carbonyl (C=O) groups is 1. The third-order valence-electron chi connectivity index (χ3n) is 1.58. The first kappa shape index (κ1) is 11.0. The molecule has 0 aromatic carbocycles. The molecule has 1 aromatic heterocycles. The molecule has 0 atom stereocenters. The monoisotopic (exact) mass is 223 g/mol. The quantitative estimate of drug-likeness (QED) is 0.734. The van der Waals surface area contributed by atoms with E-state index in [0.29, 0.717) is 16.9 Å². The summed E-state index contributed by atoms with van der Waals surface area (Å²) in [6, 6.07) is 1.43. The predicted octanol–water partition coefficient (Wildman–Crippen LogP) is 2.56. The number of carbonyl (C=O) groups excluding carboxylic acids is 1. The maximum absolute atomic E-state index is 12.0. The zero-order chi connectivity index (χ0) is 10.8. The highest BCUT2D eigenvalue weighted by Gasteiger charge is 2.29. The van der Waals surface area contributed by atoms with Crippen LogP contribution < -0.4 is 4.90 Å². The van der Waals surface area contributed by atoms with E-state index in [-0.39, 0.29) is 0 Å². The average Bonchev–Trinajstić information content (AvgIpc) is 2.48. The van der Waals surface area contributed by atoms with Crippen molar-refractivity contribution in [2.45, 2.75) is 6.18 Å². The van der Waals surface area contributed by atoms with Gasteiger partial charge in [0.15, 0.2) is 6.29 Å². The molecule has 1 aromatic rings. The molecular formula is C8H8F3NOS. The molecule has 0 saturated carbocycles. The lowest BCUT2D eigenvalue weighted by Crippen LogP contribution is -2.30. The summed E-state index contributed by atoms with van der Waals surface area (Å²) in [5, 5.41) is 1.52. The summed E-state index contributed by atoms with van der Waals surface area (Å²) >= 11 is 1.13. The topological polar surface area (TPSA) is 20.3 Å². The molecule has 0 radical (unpaired) electrons. The number of aldehydes is 1. The molecule has 0 unspecified atom stereocenters. The van der Waals surface area contributed by atoms with Crippen LogP contribution in [-0.4, -0.2) is 26.1 Å². The first-order valence-corrected chi connectivity index (χ1v) is 4.62. The predicted molar refractivity (Wildman–Crippen MR) is 49.0 cm³/mol. The summed E-state index contributed by atoms with van der Waals surface area (Å²) in [6.07, 6.45) is -3.60. The maximum Gasteiger partial charge on any atom is 0.405 e. The Kier molecular flexibility index (Phi) is 3.15. The Hall–Kier alpha value is -1.04. The summed E-state index contributed by atoms with van der Waals surface area (Å²) < 4.78 is 35.9. The Bertz CT molecular complexity index is 321. The molecule has 0 aliphatic heterocycles. The second-order valence-corrected chi connectivity index (χ2v) is 3.74. The van der Waals surface area contributed by atoms with Gasteiger partial charge in [-0.3, -0.25) is 4.79 Å². The molecule has 0 aliphatic carbocycles. The van der Waals surface area contributed by atoms with E-state index in [1.807, 2.05) is 0 Å². The zero-order valence-electron chi connectivity index (χ0n) is 7.34. The minimum Gasteiger partial charge on any atom is -0.365 e. The van der Waals surface area contributed by atoms with Gasteiger partial charge in [-0.15, -0.1) is 11.3 Å². The van der Waals surface area contributed by atoms with Crippen LogP contribution in [0.4, 0.5) is 18.9 Å². The van der Waals surface area contributed by atoms with Crippen LogP contribution in [-0.2, 0) is 0 Å². The Morgan fingerprint density at radius 3 is 2.64 bits per heavy atom. The maximum atomic E-state index is 12.0. The van der Waals surface area contributed by atoms with Gasteiger partial charge >= 0.3 is 6.18 Å². The van der Waals surface area contributed by atoms with E-state index in [1.165, 1.54) is 18.5 Å². The molecule has 1 rings (SSSR count).